The Balaban J connectivity index is 1.73. The van der Waals surface area contributed by atoms with Gasteiger partial charge in [-0.15, -0.1) is 11.3 Å². The van der Waals surface area contributed by atoms with Crippen LogP contribution in [0.4, 0.5) is 10.2 Å². The highest BCUT2D eigenvalue weighted by Crippen LogP contribution is 2.31. The minimum absolute atomic E-state index is 0.244. The Hall–Kier alpha value is -2.93. The predicted octanol–water partition coefficient (Wildman–Crippen LogP) is 4.21. The van der Waals surface area contributed by atoms with Gasteiger partial charge >= 0.3 is 0 Å². The normalized spacial score (nSPS) is 11.0. The second-order valence-corrected chi connectivity index (χ2v) is 6.42. The lowest BCUT2D eigenvalue weighted by molar-refractivity contribution is 0.627. The van der Waals surface area contributed by atoms with Gasteiger partial charge in [0.05, 0.1) is 11.6 Å². The highest BCUT2D eigenvalue weighted by molar-refractivity contribution is 7.17. The number of aromatic nitrogens is 4. The summed E-state index contributed by atoms with van der Waals surface area (Å²) in [7, 11) is 0. The van der Waals surface area contributed by atoms with Gasteiger partial charge in [0.15, 0.2) is 5.82 Å². The van der Waals surface area contributed by atoms with E-state index in [-0.39, 0.29) is 5.82 Å². The largest absolute Gasteiger partial charge is 0.365 e. The molecule has 5 nitrogen and oxygen atoms in total. The maximum atomic E-state index is 13.1. The molecule has 0 saturated heterocycles. The molecule has 0 unspecified atom stereocenters. The first-order valence-corrected chi connectivity index (χ1v) is 8.59. The molecule has 7 heteroatoms. The average Bonchev–Trinajstić information content (AvgIpc) is 3.03. The van der Waals surface area contributed by atoms with Gasteiger partial charge in [-0.2, -0.15) is 0 Å². The van der Waals surface area contributed by atoms with E-state index in [9.17, 15) is 4.39 Å². The van der Waals surface area contributed by atoms with Crippen LogP contribution in [0, 0.1) is 12.7 Å². The van der Waals surface area contributed by atoms with Crippen molar-refractivity contribution in [2.75, 3.05) is 5.32 Å². The molecule has 0 saturated carbocycles. The summed E-state index contributed by atoms with van der Waals surface area (Å²) in [5.74, 6) is 1.03. The molecule has 0 atom stereocenters. The molecule has 3 aromatic heterocycles. The number of halogens is 1. The summed E-state index contributed by atoms with van der Waals surface area (Å²) in [6.45, 7) is 2.58. The van der Waals surface area contributed by atoms with Gasteiger partial charge < -0.3 is 5.32 Å². The first-order chi connectivity index (χ1) is 12.2. The Kier molecular flexibility index (Phi) is 4.07. The number of thiophene rings is 1. The molecule has 0 aliphatic carbocycles. The van der Waals surface area contributed by atoms with E-state index in [0.29, 0.717) is 18.1 Å². The summed E-state index contributed by atoms with van der Waals surface area (Å²) in [6, 6.07) is 6.41. The second-order valence-electron chi connectivity index (χ2n) is 5.57. The summed E-state index contributed by atoms with van der Waals surface area (Å²) in [4.78, 5) is 18.5. The van der Waals surface area contributed by atoms with Crippen molar-refractivity contribution in [3.63, 3.8) is 0 Å². The molecule has 0 radical (unpaired) electrons. The molecule has 4 rings (SSSR count). The van der Waals surface area contributed by atoms with E-state index in [4.69, 9.17) is 0 Å². The first kappa shape index (κ1) is 15.6. The quantitative estimate of drug-likeness (QED) is 0.597. The topological polar surface area (TPSA) is 63.6 Å². The van der Waals surface area contributed by atoms with Crippen molar-refractivity contribution in [2.24, 2.45) is 0 Å². The summed E-state index contributed by atoms with van der Waals surface area (Å²) >= 11 is 1.57. The number of nitrogens with one attached hydrogen (secondary N) is 1. The Bertz CT molecular complexity index is 1020. The fourth-order valence-electron chi connectivity index (χ4n) is 2.53. The highest BCUT2D eigenvalue weighted by atomic mass is 32.1. The minimum Gasteiger partial charge on any atom is -0.365 e. The van der Waals surface area contributed by atoms with E-state index < -0.39 is 0 Å². The van der Waals surface area contributed by atoms with E-state index in [1.54, 1.807) is 42.1 Å². The van der Waals surface area contributed by atoms with Crippen molar-refractivity contribution >= 4 is 27.4 Å². The molecule has 124 valence electrons. The molecule has 1 aromatic carbocycles. The highest BCUT2D eigenvalue weighted by Gasteiger charge is 2.14. The zero-order valence-corrected chi connectivity index (χ0v) is 14.2. The molecule has 0 bridgehead atoms. The Labute approximate surface area is 147 Å². The van der Waals surface area contributed by atoms with Gasteiger partial charge in [-0.25, -0.2) is 19.3 Å². The molecular formula is C18H14FN5S. The van der Waals surface area contributed by atoms with Crippen LogP contribution in [0.25, 0.3) is 21.7 Å². The van der Waals surface area contributed by atoms with Gasteiger partial charge in [0.25, 0.3) is 0 Å². The summed E-state index contributed by atoms with van der Waals surface area (Å²) in [5.41, 5.74) is 2.72. The Morgan fingerprint density at radius 3 is 2.72 bits per heavy atom. The third-order valence-electron chi connectivity index (χ3n) is 3.78. The number of anilines is 1. The Morgan fingerprint density at radius 2 is 1.96 bits per heavy atom. The summed E-state index contributed by atoms with van der Waals surface area (Å²) in [5, 5.41) is 6.40. The lowest BCUT2D eigenvalue weighted by Gasteiger charge is -2.09. The minimum atomic E-state index is -0.244. The molecule has 0 fully saturated rings. The van der Waals surface area contributed by atoms with Crippen molar-refractivity contribution in [1.82, 2.24) is 19.9 Å². The van der Waals surface area contributed by atoms with Crippen molar-refractivity contribution in [2.45, 2.75) is 13.5 Å². The van der Waals surface area contributed by atoms with Gasteiger partial charge in [0, 0.05) is 18.9 Å². The van der Waals surface area contributed by atoms with Crippen LogP contribution in [0.3, 0.4) is 0 Å². The maximum absolute atomic E-state index is 13.1. The molecule has 0 amide bonds. The Morgan fingerprint density at radius 1 is 1.12 bits per heavy atom. The van der Waals surface area contributed by atoms with Gasteiger partial charge in [-0.3, -0.25) is 4.98 Å². The fourth-order valence-corrected chi connectivity index (χ4v) is 3.45. The van der Waals surface area contributed by atoms with Crippen LogP contribution in [-0.2, 0) is 6.54 Å². The molecule has 0 aliphatic rings. The van der Waals surface area contributed by atoms with Crippen LogP contribution in [0.1, 0.15) is 11.1 Å². The van der Waals surface area contributed by atoms with E-state index in [1.807, 2.05) is 6.92 Å². The third-order valence-corrected chi connectivity index (χ3v) is 4.77. The number of fused-ring (bicyclic) bond motifs is 1. The van der Waals surface area contributed by atoms with Crippen molar-refractivity contribution in [1.29, 1.82) is 0 Å². The summed E-state index contributed by atoms with van der Waals surface area (Å²) in [6.07, 6.45) is 4.88. The van der Waals surface area contributed by atoms with Crippen LogP contribution < -0.4 is 5.32 Å². The van der Waals surface area contributed by atoms with Crippen LogP contribution in [0.15, 0.2) is 48.2 Å². The number of hydrogen-bond acceptors (Lipinski definition) is 6. The van der Waals surface area contributed by atoms with E-state index in [2.05, 4.69) is 30.6 Å². The maximum Gasteiger partial charge on any atom is 0.183 e. The smallest absolute Gasteiger partial charge is 0.183 e. The number of nitrogens with zero attached hydrogens (tertiary/aromatic N) is 4. The van der Waals surface area contributed by atoms with E-state index in [1.165, 1.54) is 12.1 Å². The SMILES string of the molecule is Cc1csc2nc(-c3cnccn3)nc(NCc3ccc(F)cc3)c12. The van der Waals surface area contributed by atoms with Crippen LogP contribution >= 0.6 is 11.3 Å². The van der Waals surface area contributed by atoms with Crippen molar-refractivity contribution in [3.8, 4) is 11.5 Å². The molecule has 4 aromatic rings. The zero-order valence-electron chi connectivity index (χ0n) is 13.4. The van der Waals surface area contributed by atoms with Crippen molar-refractivity contribution < 1.29 is 4.39 Å². The van der Waals surface area contributed by atoms with Gasteiger partial charge in [0.1, 0.15) is 22.2 Å². The third kappa shape index (κ3) is 3.18. The number of rotatable bonds is 4. The monoisotopic (exact) mass is 351 g/mol. The molecule has 3 heterocycles. The average molecular weight is 351 g/mol. The number of aryl methyl sites for hydroxylation is 1. The number of hydrogen-bond donors (Lipinski definition) is 1. The first-order valence-electron chi connectivity index (χ1n) is 7.71. The molecule has 1 N–H and O–H groups in total. The molecule has 0 aliphatic heterocycles. The molecule has 0 spiro atoms. The lowest BCUT2D eigenvalue weighted by Crippen LogP contribution is -2.04. The van der Waals surface area contributed by atoms with E-state index in [0.717, 1.165) is 27.2 Å². The summed E-state index contributed by atoms with van der Waals surface area (Å²) < 4.78 is 13.1. The van der Waals surface area contributed by atoms with E-state index >= 15 is 0 Å². The second kappa shape index (κ2) is 6.52. The van der Waals surface area contributed by atoms with Crippen molar-refractivity contribution in [3.05, 3.63) is 65.2 Å². The molecular weight excluding hydrogens is 337 g/mol. The predicted molar refractivity (Wildman–Crippen MR) is 96.9 cm³/mol. The fraction of sp³-hybridized carbons (Fsp3) is 0.111. The zero-order chi connectivity index (χ0) is 17.2. The van der Waals surface area contributed by atoms with Gasteiger partial charge in [0.2, 0.25) is 0 Å². The number of benzene rings is 1. The van der Waals surface area contributed by atoms with Crippen LogP contribution in [0.5, 0.6) is 0 Å². The molecule has 25 heavy (non-hydrogen) atoms. The van der Waals surface area contributed by atoms with Crippen LogP contribution in [0.2, 0.25) is 0 Å². The van der Waals surface area contributed by atoms with Gasteiger partial charge in [-0.05, 0) is 35.6 Å². The lowest BCUT2D eigenvalue weighted by atomic mass is 10.2. The standard InChI is InChI=1S/C18H14FN5S/c1-11-10-25-18-15(11)17(22-8-12-2-4-13(19)5-3-12)23-16(24-18)14-9-20-6-7-21-14/h2-7,9-10H,8H2,1H3,(H,22,23,24). The van der Waals surface area contributed by atoms with Gasteiger partial charge in [-0.1, -0.05) is 12.1 Å². The van der Waals surface area contributed by atoms with Crippen LogP contribution in [-0.4, -0.2) is 19.9 Å².